The first-order valence-corrected chi connectivity index (χ1v) is 11.8. The van der Waals surface area contributed by atoms with Gasteiger partial charge in [-0.15, -0.1) is 0 Å². The number of nitrogens with one attached hydrogen (secondary N) is 1. The molecule has 2 aromatic carbocycles. The number of ether oxygens (including phenoxy) is 2. The standard InChI is InChI=1S/C26H35N3O3/c1-31-25-10-8-21(9-11-25)19-32-20-22-6-5-7-24(16-22)27-26(30)29-15-12-23(18-29)17-28-13-3-2-4-14-28/h5-11,16,23H,2-4,12-15,17-20H2,1H3,(H,27,30). The Labute approximate surface area is 191 Å². The van der Waals surface area contributed by atoms with Gasteiger partial charge in [0.15, 0.2) is 0 Å². The molecule has 0 aromatic heterocycles. The Morgan fingerprint density at radius 2 is 1.78 bits per heavy atom. The fourth-order valence-electron chi connectivity index (χ4n) is 4.62. The van der Waals surface area contributed by atoms with Crippen LogP contribution in [0.15, 0.2) is 48.5 Å². The van der Waals surface area contributed by atoms with E-state index in [1.807, 2.05) is 53.4 Å². The van der Waals surface area contributed by atoms with Gasteiger partial charge in [0.25, 0.3) is 0 Å². The molecule has 2 aliphatic heterocycles. The monoisotopic (exact) mass is 437 g/mol. The van der Waals surface area contributed by atoms with Crippen molar-refractivity contribution < 1.29 is 14.3 Å². The van der Waals surface area contributed by atoms with Crippen molar-refractivity contribution in [3.63, 3.8) is 0 Å². The molecule has 0 aliphatic carbocycles. The molecule has 6 heteroatoms. The Hall–Kier alpha value is -2.57. The highest BCUT2D eigenvalue weighted by atomic mass is 16.5. The van der Waals surface area contributed by atoms with E-state index in [9.17, 15) is 4.79 Å². The number of nitrogens with zero attached hydrogens (tertiary/aromatic N) is 2. The summed E-state index contributed by atoms with van der Waals surface area (Å²) in [6, 6.07) is 15.8. The van der Waals surface area contributed by atoms with Gasteiger partial charge in [-0.25, -0.2) is 4.79 Å². The molecule has 0 radical (unpaired) electrons. The molecule has 0 bridgehead atoms. The number of anilines is 1. The maximum atomic E-state index is 12.8. The molecule has 2 heterocycles. The number of hydrogen-bond acceptors (Lipinski definition) is 4. The van der Waals surface area contributed by atoms with Crippen LogP contribution in [0.25, 0.3) is 0 Å². The Balaban J connectivity index is 1.22. The Kier molecular flexibility index (Phi) is 8.02. The average molecular weight is 438 g/mol. The minimum atomic E-state index is 0.00226. The third-order valence-electron chi connectivity index (χ3n) is 6.41. The van der Waals surface area contributed by atoms with E-state index in [1.165, 1.54) is 32.4 Å². The zero-order valence-electron chi connectivity index (χ0n) is 19.1. The predicted octanol–water partition coefficient (Wildman–Crippen LogP) is 4.75. The molecule has 1 unspecified atom stereocenters. The van der Waals surface area contributed by atoms with Crippen LogP contribution in [-0.2, 0) is 18.0 Å². The van der Waals surface area contributed by atoms with E-state index >= 15 is 0 Å². The summed E-state index contributed by atoms with van der Waals surface area (Å²) in [6.07, 6.45) is 5.10. The molecule has 4 rings (SSSR count). The molecule has 32 heavy (non-hydrogen) atoms. The largest absolute Gasteiger partial charge is 0.497 e. The lowest BCUT2D eigenvalue weighted by atomic mass is 10.1. The van der Waals surface area contributed by atoms with Gasteiger partial charge < -0.3 is 24.6 Å². The van der Waals surface area contributed by atoms with Crippen LogP contribution in [-0.4, -0.2) is 55.7 Å². The van der Waals surface area contributed by atoms with Crippen LogP contribution < -0.4 is 10.1 Å². The number of hydrogen-bond donors (Lipinski definition) is 1. The fraction of sp³-hybridized carbons (Fsp3) is 0.500. The van der Waals surface area contributed by atoms with Crippen LogP contribution in [0.3, 0.4) is 0 Å². The summed E-state index contributed by atoms with van der Waals surface area (Å²) >= 11 is 0. The highest BCUT2D eigenvalue weighted by Gasteiger charge is 2.28. The van der Waals surface area contributed by atoms with Crippen LogP contribution in [0.1, 0.15) is 36.8 Å². The molecule has 0 saturated carbocycles. The van der Waals surface area contributed by atoms with Crippen molar-refractivity contribution in [2.45, 2.75) is 38.9 Å². The van der Waals surface area contributed by atoms with E-state index in [4.69, 9.17) is 9.47 Å². The first kappa shape index (κ1) is 22.6. The SMILES string of the molecule is COc1ccc(COCc2cccc(NC(=O)N3CCC(CN4CCCCC4)C3)c2)cc1. The van der Waals surface area contributed by atoms with Crippen molar-refractivity contribution in [2.24, 2.45) is 5.92 Å². The normalized spacial score (nSPS) is 19.2. The molecule has 2 fully saturated rings. The van der Waals surface area contributed by atoms with E-state index in [-0.39, 0.29) is 6.03 Å². The summed E-state index contributed by atoms with van der Waals surface area (Å²) in [5.41, 5.74) is 2.96. The molecule has 0 spiro atoms. The second-order valence-corrected chi connectivity index (χ2v) is 8.93. The highest BCUT2D eigenvalue weighted by Crippen LogP contribution is 2.21. The van der Waals surface area contributed by atoms with Crippen LogP contribution in [0.5, 0.6) is 5.75 Å². The lowest BCUT2D eigenvalue weighted by Gasteiger charge is -2.29. The van der Waals surface area contributed by atoms with Gasteiger partial charge in [-0.05, 0) is 73.7 Å². The zero-order valence-corrected chi connectivity index (χ0v) is 19.1. The first-order chi connectivity index (χ1) is 15.7. The maximum Gasteiger partial charge on any atom is 0.321 e. The highest BCUT2D eigenvalue weighted by molar-refractivity contribution is 5.89. The Bertz CT molecular complexity index is 865. The molecule has 2 aromatic rings. The summed E-state index contributed by atoms with van der Waals surface area (Å²) in [6.45, 7) is 6.29. The van der Waals surface area contributed by atoms with Crippen molar-refractivity contribution in [1.82, 2.24) is 9.80 Å². The van der Waals surface area contributed by atoms with Gasteiger partial charge in [-0.3, -0.25) is 0 Å². The van der Waals surface area contributed by atoms with E-state index in [2.05, 4.69) is 10.2 Å². The molecular weight excluding hydrogens is 402 g/mol. The summed E-state index contributed by atoms with van der Waals surface area (Å²) in [7, 11) is 1.66. The van der Waals surface area contributed by atoms with Gasteiger partial charge >= 0.3 is 6.03 Å². The number of piperidine rings is 1. The number of benzene rings is 2. The molecule has 2 saturated heterocycles. The average Bonchev–Trinajstić information content (AvgIpc) is 3.29. The number of rotatable bonds is 8. The molecule has 2 aliphatic rings. The summed E-state index contributed by atoms with van der Waals surface area (Å²) in [5, 5.41) is 3.07. The van der Waals surface area contributed by atoms with E-state index in [1.54, 1.807) is 7.11 Å². The third kappa shape index (κ3) is 6.47. The molecular formula is C26H35N3O3. The number of methoxy groups -OCH3 is 1. The van der Waals surface area contributed by atoms with E-state index in [0.29, 0.717) is 19.1 Å². The fourth-order valence-corrected chi connectivity index (χ4v) is 4.62. The maximum absolute atomic E-state index is 12.8. The van der Waals surface area contributed by atoms with Crippen molar-refractivity contribution in [3.05, 3.63) is 59.7 Å². The van der Waals surface area contributed by atoms with Gasteiger partial charge in [0.1, 0.15) is 5.75 Å². The second-order valence-electron chi connectivity index (χ2n) is 8.93. The minimum absolute atomic E-state index is 0.00226. The number of carbonyl (C=O) groups excluding carboxylic acids is 1. The van der Waals surface area contributed by atoms with Gasteiger partial charge in [0.05, 0.1) is 20.3 Å². The molecule has 1 N–H and O–H groups in total. The minimum Gasteiger partial charge on any atom is -0.497 e. The topological polar surface area (TPSA) is 54.0 Å². The van der Waals surface area contributed by atoms with Crippen molar-refractivity contribution in [3.8, 4) is 5.75 Å². The number of likely N-dealkylation sites (tertiary alicyclic amines) is 2. The molecule has 2 amide bonds. The number of amides is 2. The Morgan fingerprint density at radius 1 is 1.00 bits per heavy atom. The molecule has 1 atom stereocenters. The summed E-state index contributed by atoms with van der Waals surface area (Å²) in [5.74, 6) is 1.43. The van der Waals surface area contributed by atoms with Crippen LogP contribution in [0.4, 0.5) is 10.5 Å². The first-order valence-electron chi connectivity index (χ1n) is 11.8. The number of urea groups is 1. The van der Waals surface area contributed by atoms with Crippen molar-refractivity contribution >= 4 is 11.7 Å². The smallest absolute Gasteiger partial charge is 0.321 e. The van der Waals surface area contributed by atoms with Crippen LogP contribution in [0.2, 0.25) is 0 Å². The van der Waals surface area contributed by atoms with E-state index in [0.717, 1.165) is 48.6 Å². The van der Waals surface area contributed by atoms with Crippen molar-refractivity contribution in [1.29, 1.82) is 0 Å². The van der Waals surface area contributed by atoms with Crippen LogP contribution >= 0.6 is 0 Å². The van der Waals surface area contributed by atoms with Gasteiger partial charge in [0, 0.05) is 25.3 Å². The zero-order chi connectivity index (χ0) is 22.2. The lowest BCUT2D eigenvalue weighted by molar-refractivity contribution is 0.107. The number of carbonyl (C=O) groups is 1. The molecule has 172 valence electrons. The van der Waals surface area contributed by atoms with Gasteiger partial charge in [-0.2, -0.15) is 0 Å². The molecule has 6 nitrogen and oxygen atoms in total. The van der Waals surface area contributed by atoms with Gasteiger partial charge in [0.2, 0.25) is 0 Å². The predicted molar refractivity (Wildman–Crippen MR) is 127 cm³/mol. The third-order valence-corrected chi connectivity index (χ3v) is 6.41. The van der Waals surface area contributed by atoms with E-state index < -0.39 is 0 Å². The second kappa shape index (κ2) is 11.3. The van der Waals surface area contributed by atoms with Gasteiger partial charge in [-0.1, -0.05) is 30.7 Å². The lowest BCUT2D eigenvalue weighted by Crippen LogP contribution is -2.37. The Morgan fingerprint density at radius 3 is 2.56 bits per heavy atom. The van der Waals surface area contributed by atoms with Crippen LogP contribution in [0, 0.1) is 5.92 Å². The summed E-state index contributed by atoms with van der Waals surface area (Å²) < 4.78 is 11.0. The van der Waals surface area contributed by atoms with Crippen molar-refractivity contribution in [2.75, 3.05) is 45.2 Å². The summed E-state index contributed by atoms with van der Waals surface area (Å²) in [4.78, 5) is 17.3. The quantitative estimate of drug-likeness (QED) is 0.647.